The first-order chi connectivity index (χ1) is 15.0. The van der Waals surface area contributed by atoms with E-state index in [0.717, 1.165) is 35.8 Å². The molecule has 1 saturated heterocycles. The Labute approximate surface area is 188 Å². The van der Waals surface area contributed by atoms with E-state index in [4.69, 9.17) is 0 Å². The molecule has 0 radical (unpaired) electrons. The summed E-state index contributed by atoms with van der Waals surface area (Å²) in [6.45, 7) is 6.00. The van der Waals surface area contributed by atoms with Crippen LogP contribution in [0.4, 0.5) is 11.4 Å². The molecule has 166 valence electrons. The molecule has 0 saturated carbocycles. The van der Waals surface area contributed by atoms with E-state index in [0.29, 0.717) is 11.3 Å². The van der Waals surface area contributed by atoms with Crippen LogP contribution in [-0.4, -0.2) is 36.7 Å². The standard InChI is InChI=1S/C24H31N3O3S/c1-3-7-20(26-23(29)13-11-21(28)22-12-10-17(2)31-22)24(30)25-18-8-6-9-19(16-18)27-14-4-5-15-27/h6,8-10,12,16,20H,3-5,7,11,13-15H2,1-2H3,(H,25,30)(H,26,29). The minimum atomic E-state index is -0.618. The molecule has 1 fully saturated rings. The summed E-state index contributed by atoms with van der Waals surface area (Å²) >= 11 is 1.44. The Morgan fingerprint density at radius 2 is 1.87 bits per heavy atom. The predicted molar refractivity (Wildman–Crippen MR) is 126 cm³/mol. The quantitative estimate of drug-likeness (QED) is 0.531. The van der Waals surface area contributed by atoms with Gasteiger partial charge >= 0.3 is 0 Å². The molecule has 2 aromatic rings. The number of anilines is 2. The Bertz CT molecular complexity index is 918. The maximum atomic E-state index is 12.8. The number of thiophene rings is 1. The molecule has 1 aromatic heterocycles. The molecule has 3 rings (SSSR count). The van der Waals surface area contributed by atoms with E-state index in [1.54, 1.807) is 6.07 Å². The Morgan fingerprint density at radius 1 is 1.10 bits per heavy atom. The van der Waals surface area contributed by atoms with Gasteiger partial charge in [0.1, 0.15) is 6.04 Å². The largest absolute Gasteiger partial charge is 0.371 e. The van der Waals surface area contributed by atoms with Crippen molar-refractivity contribution in [1.82, 2.24) is 5.32 Å². The number of carbonyl (C=O) groups is 3. The molecule has 7 heteroatoms. The summed E-state index contributed by atoms with van der Waals surface area (Å²) < 4.78 is 0. The maximum Gasteiger partial charge on any atom is 0.246 e. The highest BCUT2D eigenvalue weighted by Crippen LogP contribution is 2.23. The van der Waals surface area contributed by atoms with Crippen molar-refractivity contribution < 1.29 is 14.4 Å². The zero-order valence-electron chi connectivity index (χ0n) is 18.3. The molecule has 1 aliphatic rings. The van der Waals surface area contributed by atoms with Crippen LogP contribution >= 0.6 is 11.3 Å². The molecular formula is C24H31N3O3S. The molecule has 2 heterocycles. The first kappa shape index (κ1) is 23.0. The number of benzene rings is 1. The second-order valence-corrected chi connectivity index (χ2v) is 9.26. The average Bonchev–Trinajstić information content (AvgIpc) is 3.44. The molecule has 0 spiro atoms. The number of Topliss-reactive ketones (excluding diaryl/α,β-unsaturated/α-hetero) is 1. The topological polar surface area (TPSA) is 78.5 Å². The number of aryl methyl sites for hydroxylation is 1. The van der Waals surface area contributed by atoms with Gasteiger partial charge in [-0.05, 0) is 56.5 Å². The highest BCUT2D eigenvalue weighted by atomic mass is 32.1. The lowest BCUT2D eigenvalue weighted by Gasteiger charge is -2.20. The van der Waals surface area contributed by atoms with Crippen LogP contribution in [-0.2, 0) is 9.59 Å². The van der Waals surface area contributed by atoms with E-state index in [1.165, 1.54) is 24.2 Å². The predicted octanol–water partition coefficient (Wildman–Crippen LogP) is 4.54. The van der Waals surface area contributed by atoms with Crippen molar-refractivity contribution in [2.75, 3.05) is 23.3 Å². The van der Waals surface area contributed by atoms with E-state index >= 15 is 0 Å². The molecule has 1 aliphatic heterocycles. The number of ketones is 1. The molecular weight excluding hydrogens is 410 g/mol. The van der Waals surface area contributed by atoms with Crippen molar-refractivity contribution >= 4 is 40.3 Å². The number of rotatable bonds is 10. The van der Waals surface area contributed by atoms with Gasteiger partial charge in [-0.1, -0.05) is 19.4 Å². The fourth-order valence-corrected chi connectivity index (χ4v) is 4.58. The van der Waals surface area contributed by atoms with Gasteiger partial charge in [-0.2, -0.15) is 0 Å². The van der Waals surface area contributed by atoms with Gasteiger partial charge in [0.15, 0.2) is 5.78 Å². The molecule has 1 aromatic carbocycles. The third-order valence-corrected chi connectivity index (χ3v) is 6.45. The Kier molecular flexibility index (Phi) is 8.23. The van der Waals surface area contributed by atoms with Gasteiger partial charge in [0.25, 0.3) is 0 Å². The Hall–Kier alpha value is -2.67. The SMILES string of the molecule is CCCC(NC(=O)CCC(=O)c1ccc(C)s1)C(=O)Nc1cccc(N2CCCC2)c1. The molecule has 2 N–H and O–H groups in total. The highest BCUT2D eigenvalue weighted by molar-refractivity contribution is 7.14. The van der Waals surface area contributed by atoms with E-state index in [9.17, 15) is 14.4 Å². The lowest BCUT2D eigenvalue weighted by molar-refractivity contribution is -0.126. The zero-order chi connectivity index (χ0) is 22.2. The van der Waals surface area contributed by atoms with Gasteiger partial charge in [0.05, 0.1) is 4.88 Å². The summed E-state index contributed by atoms with van der Waals surface area (Å²) in [4.78, 5) is 41.5. The second kappa shape index (κ2) is 11.1. The Morgan fingerprint density at radius 3 is 2.55 bits per heavy atom. The fourth-order valence-electron chi connectivity index (χ4n) is 3.74. The summed E-state index contributed by atoms with van der Waals surface area (Å²) in [5.41, 5.74) is 1.83. The van der Waals surface area contributed by atoms with Gasteiger partial charge < -0.3 is 15.5 Å². The number of hydrogen-bond acceptors (Lipinski definition) is 5. The Balaban J connectivity index is 1.54. The van der Waals surface area contributed by atoms with Gasteiger partial charge in [-0.25, -0.2) is 0 Å². The monoisotopic (exact) mass is 441 g/mol. The lowest BCUT2D eigenvalue weighted by atomic mass is 10.1. The maximum absolute atomic E-state index is 12.8. The van der Waals surface area contributed by atoms with Gasteiger partial charge in [-0.3, -0.25) is 14.4 Å². The van der Waals surface area contributed by atoms with Crippen molar-refractivity contribution in [3.8, 4) is 0 Å². The van der Waals surface area contributed by atoms with Crippen molar-refractivity contribution in [3.05, 3.63) is 46.2 Å². The van der Waals surface area contributed by atoms with Crippen LogP contribution in [0.15, 0.2) is 36.4 Å². The van der Waals surface area contributed by atoms with E-state index in [-0.39, 0.29) is 30.4 Å². The van der Waals surface area contributed by atoms with E-state index in [1.807, 2.05) is 38.1 Å². The normalized spacial score (nSPS) is 14.3. The third kappa shape index (κ3) is 6.66. The number of nitrogens with one attached hydrogen (secondary N) is 2. The third-order valence-electron chi connectivity index (χ3n) is 5.41. The first-order valence-electron chi connectivity index (χ1n) is 11.0. The molecule has 1 unspecified atom stereocenters. The molecule has 2 amide bonds. The summed E-state index contributed by atoms with van der Waals surface area (Å²) in [6.07, 6.45) is 3.91. The smallest absolute Gasteiger partial charge is 0.246 e. The van der Waals surface area contributed by atoms with Crippen LogP contribution in [0.5, 0.6) is 0 Å². The number of hydrogen-bond donors (Lipinski definition) is 2. The van der Waals surface area contributed by atoms with E-state index < -0.39 is 6.04 Å². The second-order valence-electron chi connectivity index (χ2n) is 7.98. The summed E-state index contributed by atoms with van der Waals surface area (Å²) in [6, 6.07) is 10.9. The lowest BCUT2D eigenvalue weighted by Crippen LogP contribution is -2.43. The van der Waals surface area contributed by atoms with Crippen molar-refractivity contribution in [3.63, 3.8) is 0 Å². The summed E-state index contributed by atoms with van der Waals surface area (Å²) in [5, 5.41) is 5.75. The highest BCUT2D eigenvalue weighted by Gasteiger charge is 2.21. The van der Waals surface area contributed by atoms with Gasteiger partial charge in [0.2, 0.25) is 11.8 Å². The van der Waals surface area contributed by atoms with Crippen molar-refractivity contribution in [2.24, 2.45) is 0 Å². The number of carbonyl (C=O) groups excluding carboxylic acids is 3. The van der Waals surface area contributed by atoms with E-state index in [2.05, 4.69) is 21.6 Å². The van der Waals surface area contributed by atoms with Crippen LogP contribution in [0.1, 0.15) is 60.0 Å². The summed E-state index contributed by atoms with van der Waals surface area (Å²) in [5.74, 6) is -0.543. The number of amides is 2. The van der Waals surface area contributed by atoms with Crippen molar-refractivity contribution in [2.45, 2.75) is 58.4 Å². The van der Waals surface area contributed by atoms with Crippen LogP contribution in [0.3, 0.4) is 0 Å². The molecule has 1 atom stereocenters. The summed E-state index contributed by atoms with van der Waals surface area (Å²) in [7, 11) is 0. The number of nitrogens with zero attached hydrogens (tertiary/aromatic N) is 1. The molecule has 6 nitrogen and oxygen atoms in total. The minimum Gasteiger partial charge on any atom is -0.371 e. The minimum absolute atomic E-state index is 0.0385. The van der Waals surface area contributed by atoms with Crippen LogP contribution in [0.25, 0.3) is 0 Å². The van der Waals surface area contributed by atoms with Crippen LogP contribution in [0, 0.1) is 6.92 Å². The molecule has 0 bridgehead atoms. The molecule has 0 aliphatic carbocycles. The van der Waals surface area contributed by atoms with Crippen molar-refractivity contribution in [1.29, 1.82) is 0 Å². The average molecular weight is 442 g/mol. The zero-order valence-corrected chi connectivity index (χ0v) is 19.1. The fraction of sp³-hybridized carbons (Fsp3) is 0.458. The first-order valence-corrected chi connectivity index (χ1v) is 11.8. The van der Waals surface area contributed by atoms with Crippen LogP contribution < -0.4 is 15.5 Å². The van der Waals surface area contributed by atoms with Gasteiger partial charge in [0, 0.05) is 42.2 Å². The van der Waals surface area contributed by atoms with Crippen LogP contribution in [0.2, 0.25) is 0 Å². The van der Waals surface area contributed by atoms with Gasteiger partial charge in [-0.15, -0.1) is 11.3 Å². The molecule has 31 heavy (non-hydrogen) atoms.